The predicted octanol–water partition coefficient (Wildman–Crippen LogP) is 2.17. The van der Waals surface area contributed by atoms with Gasteiger partial charge in [-0.05, 0) is 49.6 Å². The average molecular weight is 414 g/mol. The van der Waals surface area contributed by atoms with Crippen molar-refractivity contribution in [2.24, 2.45) is 21.8 Å². The number of hydrogen-bond donors (Lipinski definition) is 3. The lowest BCUT2D eigenvalue weighted by Crippen LogP contribution is -2.25. The molecule has 1 aromatic carbocycles. The molecule has 0 bridgehead atoms. The summed E-state index contributed by atoms with van der Waals surface area (Å²) in [5, 5.41) is 3.20. The van der Waals surface area contributed by atoms with Crippen molar-refractivity contribution >= 4 is 33.3 Å². The van der Waals surface area contributed by atoms with Crippen LogP contribution in [-0.4, -0.2) is 32.3 Å². The SMILES string of the molecule is C/C(N)=N/S(=O)(=O)c1cnc(NC[C@@H](CN)Cc2ccc(F)cc2)c(Cl)c1. The number of sulfonamides is 1. The summed E-state index contributed by atoms with van der Waals surface area (Å²) in [5.41, 5.74) is 12.1. The number of pyridine rings is 1. The maximum absolute atomic E-state index is 13.0. The van der Waals surface area contributed by atoms with Crippen molar-refractivity contribution in [2.45, 2.75) is 18.2 Å². The van der Waals surface area contributed by atoms with Crippen LogP contribution in [0.3, 0.4) is 0 Å². The second-order valence-corrected chi connectivity index (χ2v) is 8.03. The Morgan fingerprint density at radius 2 is 2.04 bits per heavy atom. The zero-order chi connectivity index (χ0) is 20.0. The van der Waals surface area contributed by atoms with Gasteiger partial charge >= 0.3 is 0 Å². The van der Waals surface area contributed by atoms with Gasteiger partial charge in [0.25, 0.3) is 10.0 Å². The highest BCUT2D eigenvalue weighted by atomic mass is 35.5. The number of nitrogens with two attached hydrogens (primary N) is 2. The Morgan fingerprint density at radius 3 is 2.59 bits per heavy atom. The number of benzene rings is 1. The third-order valence-electron chi connectivity index (χ3n) is 3.71. The van der Waals surface area contributed by atoms with Crippen LogP contribution in [0.5, 0.6) is 0 Å². The Bertz CT molecular complexity index is 915. The summed E-state index contributed by atoms with van der Waals surface area (Å²) < 4.78 is 40.4. The summed E-state index contributed by atoms with van der Waals surface area (Å²) >= 11 is 6.13. The van der Waals surface area contributed by atoms with Crippen molar-refractivity contribution in [2.75, 3.05) is 18.4 Å². The fraction of sp³-hybridized carbons (Fsp3) is 0.294. The maximum atomic E-state index is 13.0. The van der Waals surface area contributed by atoms with Gasteiger partial charge in [0.1, 0.15) is 22.4 Å². The van der Waals surface area contributed by atoms with E-state index in [-0.39, 0.29) is 27.5 Å². The van der Waals surface area contributed by atoms with Gasteiger partial charge in [-0.3, -0.25) is 0 Å². The van der Waals surface area contributed by atoms with Crippen molar-refractivity contribution < 1.29 is 12.8 Å². The van der Waals surface area contributed by atoms with Gasteiger partial charge in [0.2, 0.25) is 0 Å². The Balaban J connectivity index is 2.06. The van der Waals surface area contributed by atoms with E-state index in [1.54, 1.807) is 12.1 Å². The zero-order valence-corrected chi connectivity index (χ0v) is 16.3. The molecule has 0 aliphatic carbocycles. The van der Waals surface area contributed by atoms with Crippen LogP contribution in [0, 0.1) is 11.7 Å². The molecule has 5 N–H and O–H groups in total. The quantitative estimate of drug-likeness (QED) is 0.450. The van der Waals surface area contributed by atoms with Gasteiger partial charge in [-0.2, -0.15) is 8.42 Å². The molecule has 146 valence electrons. The van der Waals surface area contributed by atoms with E-state index in [4.69, 9.17) is 23.1 Å². The Labute approximate surface area is 162 Å². The summed E-state index contributed by atoms with van der Waals surface area (Å²) in [6, 6.07) is 7.49. The van der Waals surface area contributed by atoms with Gasteiger partial charge in [-0.25, -0.2) is 9.37 Å². The van der Waals surface area contributed by atoms with Gasteiger partial charge in [0.15, 0.2) is 0 Å². The van der Waals surface area contributed by atoms with E-state index in [2.05, 4.69) is 14.7 Å². The Morgan fingerprint density at radius 1 is 1.37 bits per heavy atom. The molecule has 1 heterocycles. The largest absolute Gasteiger partial charge is 0.387 e. The number of halogens is 2. The molecule has 27 heavy (non-hydrogen) atoms. The molecule has 7 nitrogen and oxygen atoms in total. The third-order valence-corrected chi connectivity index (χ3v) is 5.34. The normalized spacial score (nSPS) is 13.4. The summed E-state index contributed by atoms with van der Waals surface area (Å²) in [5.74, 6) is 0.0177. The number of rotatable bonds is 8. The van der Waals surface area contributed by atoms with Gasteiger partial charge in [0.05, 0.1) is 5.02 Å². The summed E-state index contributed by atoms with van der Waals surface area (Å²) in [6.07, 6.45) is 1.81. The molecule has 2 rings (SSSR count). The molecule has 0 fully saturated rings. The topological polar surface area (TPSA) is 123 Å². The van der Waals surface area contributed by atoms with Gasteiger partial charge in [-0.15, -0.1) is 4.40 Å². The minimum atomic E-state index is -3.94. The molecule has 1 atom stereocenters. The van der Waals surface area contributed by atoms with Crippen LogP contribution in [0.15, 0.2) is 45.8 Å². The minimum Gasteiger partial charge on any atom is -0.387 e. The van der Waals surface area contributed by atoms with Crippen LogP contribution in [0.25, 0.3) is 0 Å². The average Bonchev–Trinajstić information content (AvgIpc) is 2.60. The zero-order valence-electron chi connectivity index (χ0n) is 14.7. The first-order valence-corrected chi connectivity index (χ1v) is 9.94. The lowest BCUT2D eigenvalue weighted by molar-refractivity contribution is 0.561. The molecule has 1 aromatic heterocycles. The molecule has 0 unspecified atom stereocenters. The molecule has 2 aromatic rings. The number of anilines is 1. The number of amidine groups is 1. The van der Waals surface area contributed by atoms with Crippen LogP contribution in [0.2, 0.25) is 5.02 Å². The second kappa shape index (κ2) is 9.12. The number of nitrogens with one attached hydrogen (secondary N) is 1. The third kappa shape index (κ3) is 6.16. The van der Waals surface area contributed by atoms with Crippen molar-refractivity contribution in [1.82, 2.24) is 4.98 Å². The highest BCUT2D eigenvalue weighted by Gasteiger charge is 2.16. The number of aromatic nitrogens is 1. The standard InChI is InChI=1S/C17H21ClFN5O2S/c1-11(21)24-27(25,26)15-7-16(18)17(23-10-15)22-9-13(8-20)6-12-2-4-14(19)5-3-12/h2-5,7,10,13H,6,8-9,20H2,1H3,(H2,21,24)(H,22,23)/t13-/m1/s1. The van der Waals surface area contributed by atoms with Crippen LogP contribution >= 0.6 is 11.6 Å². The predicted molar refractivity (Wildman–Crippen MR) is 105 cm³/mol. The Hall–Kier alpha value is -2.23. The van der Waals surface area contributed by atoms with Gasteiger partial charge in [-0.1, -0.05) is 23.7 Å². The lowest BCUT2D eigenvalue weighted by Gasteiger charge is -2.17. The number of hydrogen-bond acceptors (Lipinski definition) is 5. The first-order chi connectivity index (χ1) is 12.7. The molecular weight excluding hydrogens is 393 g/mol. The second-order valence-electron chi connectivity index (χ2n) is 6.02. The fourth-order valence-electron chi connectivity index (χ4n) is 2.37. The molecule has 10 heteroatoms. The first-order valence-electron chi connectivity index (χ1n) is 8.12. The molecule has 0 saturated carbocycles. The highest BCUT2D eigenvalue weighted by Crippen LogP contribution is 2.24. The Kier molecular flexibility index (Phi) is 7.11. The monoisotopic (exact) mass is 413 g/mol. The molecule has 0 aliphatic heterocycles. The smallest absolute Gasteiger partial charge is 0.285 e. The van der Waals surface area contributed by atoms with E-state index in [0.29, 0.717) is 25.3 Å². The van der Waals surface area contributed by atoms with E-state index in [0.717, 1.165) is 11.8 Å². The molecule has 0 spiro atoms. The van der Waals surface area contributed by atoms with E-state index in [9.17, 15) is 12.8 Å². The van der Waals surface area contributed by atoms with E-state index >= 15 is 0 Å². The lowest BCUT2D eigenvalue weighted by atomic mass is 9.99. The molecule has 0 amide bonds. The maximum Gasteiger partial charge on any atom is 0.285 e. The first kappa shape index (κ1) is 21.1. The minimum absolute atomic E-state index is 0.0567. The van der Waals surface area contributed by atoms with Crippen LogP contribution in [-0.2, 0) is 16.4 Å². The molecule has 0 radical (unpaired) electrons. The van der Waals surface area contributed by atoms with Crippen LogP contribution in [0.1, 0.15) is 12.5 Å². The van der Waals surface area contributed by atoms with E-state index in [1.807, 2.05) is 0 Å². The van der Waals surface area contributed by atoms with Crippen LogP contribution in [0.4, 0.5) is 10.2 Å². The van der Waals surface area contributed by atoms with Gasteiger partial charge < -0.3 is 16.8 Å². The summed E-state index contributed by atoms with van der Waals surface area (Å²) in [4.78, 5) is 3.91. The highest BCUT2D eigenvalue weighted by molar-refractivity contribution is 7.90. The number of nitrogens with zero attached hydrogens (tertiary/aromatic N) is 2. The molecular formula is C17H21ClFN5O2S. The fourth-order valence-corrected chi connectivity index (χ4v) is 3.60. The van der Waals surface area contributed by atoms with E-state index < -0.39 is 10.0 Å². The van der Waals surface area contributed by atoms with E-state index in [1.165, 1.54) is 25.1 Å². The summed E-state index contributed by atoms with van der Waals surface area (Å²) in [7, 11) is -3.94. The molecule has 0 aliphatic rings. The van der Waals surface area contributed by atoms with Gasteiger partial charge in [0, 0.05) is 12.7 Å². The van der Waals surface area contributed by atoms with Crippen molar-refractivity contribution in [3.63, 3.8) is 0 Å². The summed E-state index contributed by atoms with van der Waals surface area (Å²) in [6.45, 7) is 2.24. The van der Waals surface area contributed by atoms with Crippen molar-refractivity contribution in [3.8, 4) is 0 Å². The van der Waals surface area contributed by atoms with Crippen LogP contribution < -0.4 is 16.8 Å². The van der Waals surface area contributed by atoms with Crippen molar-refractivity contribution in [1.29, 1.82) is 0 Å². The molecule has 0 saturated heterocycles. The van der Waals surface area contributed by atoms with Crippen molar-refractivity contribution in [3.05, 3.63) is 52.9 Å².